The molecule has 1 N–H and O–H groups in total. The minimum atomic E-state index is -1.24. The second-order valence-corrected chi connectivity index (χ2v) is 10.6. The fourth-order valence-corrected chi connectivity index (χ4v) is 5.49. The minimum absolute atomic E-state index is 0.0863. The van der Waals surface area contributed by atoms with E-state index in [4.69, 9.17) is 9.15 Å². The summed E-state index contributed by atoms with van der Waals surface area (Å²) in [5, 5.41) is 20.8. The van der Waals surface area contributed by atoms with Gasteiger partial charge >= 0.3 is 0 Å². The number of ether oxygens (including phenoxy) is 1. The number of nitrogens with zero attached hydrogens (tertiary/aromatic N) is 3. The summed E-state index contributed by atoms with van der Waals surface area (Å²) in [6.45, 7) is 2.36. The Balaban J connectivity index is 1.31. The minimum Gasteiger partial charge on any atom is -0.493 e. The molecule has 0 saturated heterocycles. The normalized spacial score (nSPS) is 18.3. The van der Waals surface area contributed by atoms with Crippen molar-refractivity contribution < 1.29 is 18.7 Å². The molecule has 1 unspecified atom stereocenters. The van der Waals surface area contributed by atoms with Crippen LogP contribution >= 0.6 is 0 Å². The predicted molar refractivity (Wildman–Crippen MR) is 130 cm³/mol. The molecule has 1 aliphatic carbocycles. The van der Waals surface area contributed by atoms with Crippen molar-refractivity contribution in [1.82, 2.24) is 10.2 Å². The highest BCUT2D eigenvalue weighted by atomic mass is 16.5. The Morgan fingerprint density at radius 2 is 1.82 bits per heavy atom. The van der Waals surface area contributed by atoms with Crippen LogP contribution in [0.2, 0.25) is 0 Å². The number of hydrogen-bond acceptors (Lipinski definition) is 5. The van der Waals surface area contributed by atoms with E-state index in [1.165, 1.54) is 17.5 Å². The molecule has 1 atom stereocenters. The first kappa shape index (κ1) is 23.1. The Morgan fingerprint density at radius 1 is 1.03 bits per heavy atom. The van der Waals surface area contributed by atoms with Crippen LogP contribution in [0.5, 0.6) is 5.75 Å². The SMILES string of the molecule is C[N+](C)(CCc1ccc2c(c1)CCO2)Cc1nnc(C(O)(c2ccccc2)C2CCCCC2)o1. The first-order valence-electron chi connectivity index (χ1n) is 12.6. The molecule has 6 heteroatoms. The van der Waals surface area contributed by atoms with Crippen molar-refractivity contribution >= 4 is 0 Å². The summed E-state index contributed by atoms with van der Waals surface area (Å²) in [5.74, 6) is 2.02. The molecule has 0 bridgehead atoms. The van der Waals surface area contributed by atoms with Gasteiger partial charge in [-0.3, -0.25) is 0 Å². The third-order valence-corrected chi connectivity index (χ3v) is 7.53. The lowest BCUT2D eigenvalue weighted by molar-refractivity contribution is -0.904. The number of rotatable bonds is 8. The van der Waals surface area contributed by atoms with E-state index in [1.54, 1.807) is 0 Å². The summed E-state index contributed by atoms with van der Waals surface area (Å²) < 4.78 is 12.6. The molecule has 2 aliphatic rings. The first-order valence-corrected chi connectivity index (χ1v) is 12.6. The topological polar surface area (TPSA) is 68.4 Å². The zero-order valence-corrected chi connectivity index (χ0v) is 20.4. The molecule has 1 aromatic heterocycles. The van der Waals surface area contributed by atoms with Gasteiger partial charge in [0, 0.05) is 18.8 Å². The number of fused-ring (bicyclic) bond motifs is 1. The highest BCUT2D eigenvalue weighted by molar-refractivity contribution is 5.39. The quantitative estimate of drug-likeness (QED) is 0.494. The molecule has 180 valence electrons. The van der Waals surface area contributed by atoms with Crippen molar-refractivity contribution in [3.8, 4) is 5.75 Å². The maximum Gasteiger partial charge on any atom is 0.271 e. The summed E-state index contributed by atoms with van der Waals surface area (Å²) in [4.78, 5) is 0. The van der Waals surface area contributed by atoms with Gasteiger partial charge in [-0.15, -0.1) is 10.2 Å². The van der Waals surface area contributed by atoms with Crippen LogP contribution in [0, 0.1) is 5.92 Å². The largest absolute Gasteiger partial charge is 0.493 e. The summed E-state index contributed by atoms with van der Waals surface area (Å²) in [6.07, 6.45) is 7.38. The number of aliphatic hydroxyl groups is 1. The van der Waals surface area contributed by atoms with E-state index >= 15 is 0 Å². The maximum absolute atomic E-state index is 12.0. The van der Waals surface area contributed by atoms with Crippen molar-refractivity contribution in [2.75, 3.05) is 27.2 Å². The lowest BCUT2D eigenvalue weighted by Gasteiger charge is -2.36. The highest BCUT2D eigenvalue weighted by Gasteiger charge is 2.45. The molecule has 5 rings (SSSR count). The molecule has 0 radical (unpaired) electrons. The van der Waals surface area contributed by atoms with Crippen LogP contribution in [0.3, 0.4) is 0 Å². The van der Waals surface area contributed by atoms with Crippen LogP contribution in [0.4, 0.5) is 0 Å². The standard InChI is InChI=1S/C28H36N3O3/c1-31(2,17-15-21-13-14-25-22(19-21)16-18-33-25)20-26-29-30-27(34-26)28(32,23-9-5-3-6-10-23)24-11-7-4-8-12-24/h3,5-6,9-10,13-14,19,24,32H,4,7-8,11-12,15-18,20H2,1-2H3/q+1. The summed E-state index contributed by atoms with van der Waals surface area (Å²) in [6, 6.07) is 16.4. The molecule has 6 nitrogen and oxygen atoms in total. The molecule has 2 aromatic carbocycles. The second kappa shape index (κ2) is 9.51. The molecule has 1 fully saturated rings. The van der Waals surface area contributed by atoms with E-state index in [0.29, 0.717) is 18.3 Å². The average molecular weight is 463 g/mol. The van der Waals surface area contributed by atoms with Gasteiger partial charge in [0.05, 0.1) is 27.2 Å². The monoisotopic (exact) mass is 462 g/mol. The molecular formula is C28H36N3O3+. The van der Waals surface area contributed by atoms with Gasteiger partial charge in [0.15, 0.2) is 12.1 Å². The van der Waals surface area contributed by atoms with Crippen LogP contribution < -0.4 is 4.74 Å². The molecule has 0 amide bonds. The van der Waals surface area contributed by atoms with E-state index < -0.39 is 5.60 Å². The van der Waals surface area contributed by atoms with Crippen LogP contribution in [-0.2, 0) is 25.0 Å². The van der Waals surface area contributed by atoms with E-state index in [9.17, 15) is 5.11 Å². The summed E-state index contributed by atoms with van der Waals surface area (Å²) in [5.41, 5.74) is 2.24. The molecule has 2 heterocycles. The smallest absolute Gasteiger partial charge is 0.271 e. The number of likely N-dealkylation sites (N-methyl/N-ethyl adjacent to an activating group) is 1. The Hall–Kier alpha value is -2.70. The van der Waals surface area contributed by atoms with Crippen molar-refractivity contribution in [1.29, 1.82) is 0 Å². The first-order chi connectivity index (χ1) is 16.4. The van der Waals surface area contributed by atoms with Crippen LogP contribution in [-0.4, -0.2) is 47.0 Å². The van der Waals surface area contributed by atoms with Gasteiger partial charge in [0.1, 0.15) is 5.75 Å². The third kappa shape index (κ3) is 4.75. The molecule has 3 aromatic rings. The average Bonchev–Trinajstić information content (AvgIpc) is 3.52. The van der Waals surface area contributed by atoms with E-state index in [1.807, 2.05) is 30.3 Å². The van der Waals surface area contributed by atoms with Gasteiger partial charge < -0.3 is 18.7 Å². The number of benzene rings is 2. The fourth-order valence-electron chi connectivity index (χ4n) is 5.49. The van der Waals surface area contributed by atoms with Crippen LogP contribution in [0.1, 0.15) is 60.6 Å². The molecule has 1 aliphatic heterocycles. The fraction of sp³-hybridized carbons (Fsp3) is 0.500. The zero-order valence-electron chi connectivity index (χ0n) is 20.4. The van der Waals surface area contributed by atoms with Gasteiger partial charge in [0.25, 0.3) is 11.8 Å². The molecule has 1 saturated carbocycles. The Labute approximate surface area is 202 Å². The number of quaternary nitrogens is 1. The third-order valence-electron chi connectivity index (χ3n) is 7.53. The van der Waals surface area contributed by atoms with E-state index in [-0.39, 0.29) is 5.92 Å². The van der Waals surface area contributed by atoms with Gasteiger partial charge in [-0.2, -0.15) is 0 Å². The lowest BCUT2D eigenvalue weighted by Crippen LogP contribution is -2.40. The van der Waals surface area contributed by atoms with E-state index in [2.05, 4.69) is 42.5 Å². The van der Waals surface area contributed by atoms with Gasteiger partial charge in [-0.05, 0) is 35.6 Å². The Kier molecular flexibility index (Phi) is 6.45. The molecule has 0 spiro atoms. The number of hydrogen-bond donors (Lipinski definition) is 1. The highest BCUT2D eigenvalue weighted by Crippen LogP contribution is 2.43. The molecular weight excluding hydrogens is 426 g/mol. The maximum atomic E-state index is 12.0. The zero-order chi connectivity index (χ0) is 23.6. The predicted octanol–water partition coefficient (Wildman–Crippen LogP) is 4.64. The van der Waals surface area contributed by atoms with Crippen molar-refractivity contribution in [3.05, 3.63) is 77.0 Å². The number of aromatic nitrogens is 2. The van der Waals surface area contributed by atoms with Gasteiger partial charge in [-0.25, -0.2) is 0 Å². The lowest BCUT2D eigenvalue weighted by atomic mass is 9.73. The summed E-state index contributed by atoms with van der Waals surface area (Å²) in [7, 11) is 4.37. The van der Waals surface area contributed by atoms with Gasteiger partial charge in [-0.1, -0.05) is 61.7 Å². The Bertz CT molecular complexity index is 1110. The second-order valence-electron chi connectivity index (χ2n) is 10.6. The van der Waals surface area contributed by atoms with Crippen molar-refractivity contribution in [3.63, 3.8) is 0 Å². The van der Waals surface area contributed by atoms with Crippen molar-refractivity contribution in [2.45, 2.75) is 57.1 Å². The van der Waals surface area contributed by atoms with Crippen LogP contribution in [0.25, 0.3) is 0 Å². The summed E-state index contributed by atoms with van der Waals surface area (Å²) >= 11 is 0. The molecule has 34 heavy (non-hydrogen) atoms. The van der Waals surface area contributed by atoms with E-state index in [0.717, 1.165) is 67.5 Å². The Morgan fingerprint density at radius 3 is 2.62 bits per heavy atom. The van der Waals surface area contributed by atoms with Gasteiger partial charge in [0.2, 0.25) is 0 Å². The van der Waals surface area contributed by atoms with Crippen LogP contribution in [0.15, 0.2) is 52.9 Å². The van der Waals surface area contributed by atoms with Crippen molar-refractivity contribution in [2.24, 2.45) is 5.92 Å².